The first-order chi connectivity index (χ1) is 5.91. The summed E-state index contributed by atoms with van der Waals surface area (Å²) in [6.07, 6.45) is 0. The Labute approximate surface area is 78.8 Å². The molecule has 0 saturated carbocycles. The Balaban J connectivity index is 3.13. The van der Waals surface area contributed by atoms with Crippen LogP contribution in [0, 0.1) is 0 Å². The Hall–Kier alpha value is -1.31. The van der Waals surface area contributed by atoms with Gasteiger partial charge in [-0.05, 0) is 23.1 Å². The van der Waals surface area contributed by atoms with E-state index in [4.69, 9.17) is 5.73 Å². The first-order valence-electron chi connectivity index (χ1n) is 4.31. The van der Waals surface area contributed by atoms with Gasteiger partial charge in [0.15, 0.2) is 0 Å². The third-order valence-corrected chi connectivity index (χ3v) is 2.01. The number of hydrogen-bond acceptors (Lipinski definition) is 1. The van der Waals surface area contributed by atoms with E-state index in [2.05, 4.69) is 20.8 Å². The van der Waals surface area contributed by atoms with Crippen LogP contribution in [0.2, 0.25) is 0 Å². The van der Waals surface area contributed by atoms with Gasteiger partial charge in [0.1, 0.15) is 0 Å². The van der Waals surface area contributed by atoms with Crippen molar-refractivity contribution in [2.45, 2.75) is 26.2 Å². The summed E-state index contributed by atoms with van der Waals surface area (Å²) >= 11 is 0. The summed E-state index contributed by atoms with van der Waals surface area (Å²) in [6, 6.07) is 7.45. The van der Waals surface area contributed by atoms with Gasteiger partial charge in [0.05, 0.1) is 0 Å². The molecule has 0 fully saturated rings. The SMILES string of the molecule is CC(C)(C)c1cccc(C(N)=O)c1. The van der Waals surface area contributed by atoms with E-state index in [1.54, 1.807) is 6.07 Å². The van der Waals surface area contributed by atoms with E-state index in [-0.39, 0.29) is 11.3 Å². The number of primary amides is 1. The van der Waals surface area contributed by atoms with Crippen molar-refractivity contribution in [2.24, 2.45) is 5.73 Å². The Bertz CT molecular complexity index is 323. The molecule has 0 aromatic heterocycles. The van der Waals surface area contributed by atoms with Crippen LogP contribution in [0.25, 0.3) is 0 Å². The summed E-state index contributed by atoms with van der Waals surface area (Å²) in [5.41, 5.74) is 6.95. The lowest BCUT2D eigenvalue weighted by atomic mass is 9.86. The zero-order valence-electron chi connectivity index (χ0n) is 8.29. The van der Waals surface area contributed by atoms with Crippen molar-refractivity contribution in [2.75, 3.05) is 0 Å². The van der Waals surface area contributed by atoms with E-state index >= 15 is 0 Å². The van der Waals surface area contributed by atoms with E-state index in [0.29, 0.717) is 5.56 Å². The summed E-state index contributed by atoms with van der Waals surface area (Å²) in [7, 11) is 0. The fourth-order valence-corrected chi connectivity index (χ4v) is 1.14. The lowest BCUT2D eigenvalue weighted by Crippen LogP contribution is -2.15. The van der Waals surface area contributed by atoms with Crippen LogP contribution in [0.5, 0.6) is 0 Å². The molecule has 2 N–H and O–H groups in total. The van der Waals surface area contributed by atoms with Crippen molar-refractivity contribution in [1.29, 1.82) is 0 Å². The highest BCUT2D eigenvalue weighted by atomic mass is 16.1. The largest absolute Gasteiger partial charge is 0.366 e. The molecule has 0 radical (unpaired) electrons. The minimum Gasteiger partial charge on any atom is -0.366 e. The van der Waals surface area contributed by atoms with E-state index in [1.165, 1.54) is 0 Å². The van der Waals surface area contributed by atoms with Crippen LogP contribution in [0.15, 0.2) is 24.3 Å². The predicted molar refractivity (Wildman–Crippen MR) is 53.7 cm³/mol. The summed E-state index contributed by atoms with van der Waals surface area (Å²) < 4.78 is 0. The Kier molecular flexibility index (Phi) is 2.41. The fraction of sp³-hybridized carbons (Fsp3) is 0.364. The lowest BCUT2D eigenvalue weighted by molar-refractivity contribution is 0.1000. The number of nitrogens with two attached hydrogens (primary N) is 1. The molecule has 0 aliphatic heterocycles. The van der Waals surface area contributed by atoms with Gasteiger partial charge in [-0.1, -0.05) is 32.9 Å². The van der Waals surface area contributed by atoms with Crippen LogP contribution >= 0.6 is 0 Å². The zero-order chi connectivity index (χ0) is 10.1. The highest BCUT2D eigenvalue weighted by molar-refractivity contribution is 5.92. The van der Waals surface area contributed by atoms with Crippen molar-refractivity contribution in [3.8, 4) is 0 Å². The summed E-state index contributed by atoms with van der Waals surface area (Å²) in [5, 5.41) is 0. The molecule has 1 aromatic carbocycles. The maximum absolute atomic E-state index is 10.9. The number of carbonyl (C=O) groups is 1. The third-order valence-electron chi connectivity index (χ3n) is 2.01. The minimum atomic E-state index is -0.369. The molecule has 2 heteroatoms. The first-order valence-corrected chi connectivity index (χ1v) is 4.31. The Morgan fingerprint density at radius 2 is 1.92 bits per heavy atom. The number of hydrogen-bond donors (Lipinski definition) is 1. The number of rotatable bonds is 1. The maximum Gasteiger partial charge on any atom is 0.248 e. The average Bonchev–Trinajstić information content (AvgIpc) is 2.03. The second-order valence-electron chi connectivity index (χ2n) is 4.20. The summed E-state index contributed by atoms with van der Waals surface area (Å²) in [4.78, 5) is 10.9. The average molecular weight is 177 g/mol. The molecule has 0 aliphatic carbocycles. The molecule has 0 spiro atoms. The van der Waals surface area contributed by atoms with E-state index in [9.17, 15) is 4.79 Å². The van der Waals surface area contributed by atoms with Gasteiger partial charge < -0.3 is 5.73 Å². The molecule has 0 heterocycles. The summed E-state index contributed by atoms with van der Waals surface area (Å²) in [5.74, 6) is -0.369. The highest BCUT2D eigenvalue weighted by Gasteiger charge is 2.14. The van der Waals surface area contributed by atoms with Gasteiger partial charge in [0, 0.05) is 5.56 Å². The van der Waals surface area contributed by atoms with Crippen LogP contribution in [-0.4, -0.2) is 5.91 Å². The van der Waals surface area contributed by atoms with Crippen LogP contribution in [-0.2, 0) is 5.41 Å². The molecule has 0 aliphatic rings. The predicted octanol–water partition coefficient (Wildman–Crippen LogP) is 2.08. The quantitative estimate of drug-likeness (QED) is 0.701. The van der Waals surface area contributed by atoms with Crippen molar-refractivity contribution < 1.29 is 4.79 Å². The number of amides is 1. The van der Waals surface area contributed by atoms with E-state index < -0.39 is 0 Å². The standard InChI is InChI=1S/C11H15NO/c1-11(2,3)9-6-4-5-8(7-9)10(12)13/h4-7H,1-3H3,(H2,12,13). The zero-order valence-corrected chi connectivity index (χ0v) is 8.29. The van der Waals surface area contributed by atoms with Crippen molar-refractivity contribution in [3.63, 3.8) is 0 Å². The minimum absolute atomic E-state index is 0.0610. The molecule has 1 amide bonds. The topological polar surface area (TPSA) is 43.1 Å². The van der Waals surface area contributed by atoms with Crippen LogP contribution in [0.4, 0.5) is 0 Å². The fourth-order valence-electron chi connectivity index (χ4n) is 1.14. The monoisotopic (exact) mass is 177 g/mol. The molecule has 0 saturated heterocycles. The van der Waals surface area contributed by atoms with Crippen LogP contribution < -0.4 is 5.73 Å². The Morgan fingerprint density at radius 3 is 2.38 bits per heavy atom. The molecule has 0 bridgehead atoms. The smallest absolute Gasteiger partial charge is 0.248 e. The molecule has 0 unspecified atom stereocenters. The van der Waals surface area contributed by atoms with E-state index in [0.717, 1.165) is 5.56 Å². The number of carbonyl (C=O) groups excluding carboxylic acids is 1. The third kappa shape index (κ3) is 2.31. The molecule has 13 heavy (non-hydrogen) atoms. The van der Waals surface area contributed by atoms with Gasteiger partial charge in [-0.2, -0.15) is 0 Å². The van der Waals surface area contributed by atoms with Gasteiger partial charge in [0.2, 0.25) is 5.91 Å². The molecule has 1 aromatic rings. The lowest BCUT2D eigenvalue weighted by Gasteiger charge is -2.19. The van der Waals surface area contributed by atoms with Crippen LogP contribution in [0.3, 0.4) is 0 Å². The normalized spacial score (nSPS) is 11.3. The molecular formula is C11H15NO. The highest BCUT2D eigenvalue weighted by Crippen LogP contribution is 2.22. The molecular weight excluding hydrogens is 162 g/mol. The first kappa shape index (κ1) is 9.78. The van der Waals surface area contributed by atoms with Gasteiger partial charge >= 0.3 is 0 Å². The molecule has 2 nitrogen and oxygen atoms in total. The molecule has 0 atom stereocenters. The maximum atomic E-state index is 10.9. The van der Waals surface area contributed by atoms with E-state index in [1.807, 2.05) is 18.2 Å². The van der Waals surface area contributed by atoms with Crippen LogP contribution in [0.1, 0.15) is 36.7 Å². The van der Waals surface area contributed by atoms with Gasteiger partial charge in [-0.3, -0.25) is 4.79 Å². The second-order valence-corrected chi connectivity index (χ2v) is 4.20. The van der Waals surface area contributed by atoms with Crippen molar-refractivity contribution >= 4 is 5.91 Å². The second kappa shape index (κ2) is 3.21. The Morgan fingerprint density at radius 1 is 1.31 bits per heavy atom. The van der Waals surface area contributed by atoms with Crippen molar-refractivity contribution in [3.05, 3.63) is 35.4 Å². The van der Waals surface area contributed by atoms with Gasteiger partial charge in [-0.25, -0.2) is 0 Å². The molecule has 70 valence electrons. The van der Waals surface area contributed by atoms with Crippen molar-refractivity contribution in [1.82, 2.24) is 0 Å². The van der Waals surface area contributed by atoms with Gasteiger partial charge in [-0.15, -0.1) is 0 Å². The number of benzene rings is 1. The van der Waals surface area contributed by atoms with Gasteiger partial charge in [0.25, 0.3) is 0 Å². The summed E-state index contributed by atoms with van der Waals surface area (Å²) in [6.45, 7) is 6.31. The molecule has 1 rings (SSSR count).